The number of rotatable bonds is 5. The zero-order valence-electron chi connectivity index (χ0n) is 11.1. The van der Waals surface area contributed by atoms with Crippen LogP contribution in [0.5, 0.6) is 5.75 Å². The molecule has 1 heterocycles. The van der Waals surface area contributed by atoms with E-state index >= 15 is 0 Å². The second-order valence-corrected chi connectivity index (χ2v) is 4.54. The van der Waals surface area contributed by atoms with Gasteiger partial charge >= 0.3 is 0 Å². The molecule has 0 bridgehead atoms. The number of hydrogen-bond donors (Lipinski definition) is 4. The van der Waals surface area contributed by atoms with Gasteiger partial charge in [-0.25, -0.2) is 9.97 Å². The number of aliphatic hydroxyl groups is 2. The monoisotopic (exact) mass is 275 g/mol. The van der Waals surface area contributed by atoms with Gasteiger partial charge in [-0.2, -0.15) is 0 Å². The smallest absolute Gasteiger partial charge is 0.227 e. The molecule has 2 rings (SSSR count). The molecule has 0 saturated heterocycles. The Balaban J connectivity index is 2.17. The van der Waals surface area contributed by atoms with Gasteiger partial charge in [0.2, 0.25) is 5.95 Å². The summed E-state index contributed by atoms with van der Waals surface area (Å²) in [4.78, 5) is 8.54. The van der Waals surface area contributed by atoms with Gasteiger partial charge in [0.1, 0.15) is 5.75 Å². The minimum Gasteiger partial charge on any atom is -0.508 e. The highest BCUT2D eigenvalue weighted by atomic mass is 16.3. The Morgan fingerprint density at radius 2 is 1.90 bits per heavy atom. The third-order valence-electron chi connectivity index (χ3n) is 2.69. The maximum absolute atomic E-state index is 9.45. The first-order valence-electron chi connectivity index (χ1n) is 6.26. The topological polar surface area (TPSA) is 98.5 Å². The molecule has 0 aliphatic carbocycles. The van der Waals surface area contributed by atoms with E-state index in [9.17, 15) is 10.2 Å². The van der Waals surface area contributed by atoms with Gasteiger partial charge in [-0.15, -0.1) is 0 Å². The van der Waals surface area contributed by atoms with Crippen LogP contribution in [0.1, 0.15) is 11.4 Å². The molecule has 0 saturated carbocycles. The molecule has 0 spiro atoms. The fraction of sp³-hybridized carbons (Fsp3) is 0.286. The van der Waals surface area contributed by atoms with Crippen LogP contribution in [0.4, 0.5) is 11.6 Å². The first-order valence-corrected chi connectivity index (χ1v) is 6.26. The number of anilines is 2. The van der Waals surface area contributed by atoms with Crippen LogP contribution in [0.3, 0.4) is 0 Å². The zero-order chi connectivity index (χ0) is 14.5. The Kier molecular flexibility index (Phi) is 4.49. The van der Waals surface area contributed by atoms with Gasteiger partial charge in [-0.05, 0) is 37.3 Å². The molecule has 0 amide bonds. The van der Waals surface area contributed by atoms with Crippen LogP contribution in [0.15, 0.2) is 30.3 Å². The summed E-state index contributed by atoms with van der Waals surface area (Å²) in [6.07, 6.45) is -0.560. The van der Waals surface area contributed by atoms with Gasteiger partial charge < -0.3 is 20.6 Å². The number of aromatic nitrogens is 2. The van der Waals surface area contributed by atoms with Crippen LogP contribution in [0.2, 0.25) is 0 Å². The van der Waals surface area contributed by atoms with Crippen LogP contribution in [-0.4, -0.2) is 38.0 Å². The molecule has 0 radical (unpaired) electrons. The maximum Gasteiger partial charge on any atom is 0.227 e. The minimum absolute atomic E-state index is 0.187. The van der Waals surface area contributed by atoms with Crippen LogP contribution in [-0.2, 0) is 6.42 Å². The first kappa shape index (κ1) is 14.2. The van der Waals surface area contributed by atoms with Gasteiger partial charge in [0.15, 0.2) is 0 Å². The van der Waals surface area contributed by atoms with E-state index in [-0.39, 0.29) is 18.8 Å². The van der Waals surface area contributed by atoms with Crippen molar-refractivity contribution in [2.75, 3.05) is 11.9 Å². The molecular formula is C14H17N3O3. The number of hydrogen-bond acceptors (Lipinski definition) is 6. The summed E-state index contributed by atoms with van der Waals surface area (Å²) in [5.74, 6) is 0.600. The van der Waals surface area contributed by atoms with Crippen molar-refractivity contribution >= 4 is 11.6 Å². The summed E-state index contributed by atoms with van der Waals surface area (Å²) in [5, 5.41) is 30.6. The number of aryl methyl sites for hydroxylation is 1. The van der Waals surface area contributed by atoms with Crippen LogP contribution in [0.25, 0.3) is 0 Å². The lowest BCUT2D eigenvalue weighted by molar-refractivity contribution is 0.0947. The number of benzene rings is 1. The van der Waals surface area contributed by atoms with Crippen molar-refractivity contribution in [3.63, 3.8) is 0 Å². The van der Waals surface area contributed by atoms with Gasteiger partial charge in [0.05, 0.1) is 12.7 Å². The number of aliphatic hydroxyl groups excluding tert-OH is 2. The molecule has 0 fully saturated rings. The molecule has 1 unspecified atom stereocenters. The Morgan fingerprint density at radius 1 is 1.20 bits per heavy atom. The van der Waals surface area contributed by atoms with E-state index in [2.05, 4.69) is 15.3 Å². The molecule has 1 atom stereocenters. The molecule has 106 valence electrons. The third-order valence-corrected chi connectivity index (χ3v) is 2.69. The van der Waals surface area contributed by atoms with Crippen molar-refractivity contribution in [3.05, 3.63) is 41.7 Å². The normalized spacial score (nSPS) is 12.2. The number of nitrogens with one attached hydrogen (secondary N) is 1. The number of phenols is 1. The molecule has 6 heteroatoms. The maximum atomic E-state index is 9.45. The third kappa shape index (κ3) is 3.91. The SMILES string of the molecule is Cc1cc(CC(O)CO)nc(Nc2ccc(O)cc2)n1. The van der Waals surface area contributed by atoms with E-state index in [4.69, 9.17) is 5.11 Å². The highest BCUT2D eigenvalue weighted by Crippen LogP contribution is 2.17. The predicted octanol–water partition coefficient (Wildman–Crippen LogP) is 1.13. The standard InChI is InChI=1S/C14H17N3O3/c1-9-6-11(7-13(20)8-18)17-14(15-9)16-10-2-4-12(19)5-3-10/h2-6,13,18-20H,7-8H2,1H3,(H,15,16,17). The van der Waals surface area contributed by atoms with Crippen molar-refractivity contribution in [1.82, 2.24) is 9.97 Å². The minimum atomic E-state index is -0.828. The Hall–Kier alpha value is -2.18. The van der Waals surface area contributed by atoms with E-state index in [1.807, 2.05) is 6.92 Å². The highest BCUT2D eigenvalue weighted by Gasteiger charge is 2.08. The van der Waals surface area contributed by atoms with Crippen molar-refractivity contribution < 1.29 is 15.3 Å². The van der Waals surface area contributed by atoms with Gasteiger partial charge in [0, 0.05) is 23.5 Å². The molecule has 0 aliphatic heterocycles. The van der Waals surface area contributed by atoms with E-state index < -0.39 is 6.10 Å². The molecule has 1 aromatic carbocycles. The van der Waals surface area contributed by atoms with Crippen molar-refractivity contribution in [1.29, 1.82) is 0 Å². The summed E-state index contributed by atoms with van der Waals surface area (Å²) in [6, 6.07) is 8.32. The number of aromatic hydroxyl groups is 1. The Labute approximate surface area is 116 Å². The van der Waals surface area contributed by atoms with E-state index in [1.165, 1.54) is 0 Å². The fourth-order valence-corrected chi connectivity index (χ4v) is 1.77. The number of nitrogens with zero attached hydrogens (tertiary/aromatic N) is 2. The number of phenolic OH excluding ortho intramolecular Hbond substituents is 1. The summed E-state index contributed by atoms with van der Waals surface area (Å²) in [5.41, 5.74) is 2.17. The van der Waals surface area contributed by atoms with E-state index in [0.29, 0.717) is 11.6 Å². The van der Waals surface area contributed by atoms with Crippen LogP contribution >= 0.6 is 0 Å². The highest BCUT2D eigenvalue weighted by molar-refractivity contribution is 5.54. The lowest BCUT2D eigenvalue weighted by Gasteiger charge is -2.10. The van der Waals surface area contributed by atoms with Crippen LogP contribution < -0.4 is 5.32 Å². The fourth-order valence-electron chi connectivity index (χ4n) is 1.77. The second kappa shape index (κ2) is 6.31. The lowest BCUT2D eigenvalue weighted by atomic mass is 10.2. The molecule has 20 heavy (non-hydrogen) atoms. The van der Waals surface area contributed by atoms with Crippen molar-refractivity contribution in [2.24, 2.45) is 0 Å². The first-order chi connectivity index (χ1) is 9.56. The second-order valence-electron chi connectivity index (χ2n) is 4.54. The molecule has 6 nitrogen and oxygen atoms in total. The Bertz CT molecular complexity index is 572. The van der Waals surface area contributed by atoms with Gasteiger partial charge in [-0.3, -0.25) is 0 Å². The average Bonchev–Trinajstić information content (AvgIpc) is 2.40. The summed E-state index contributed by atoms with van der Waals surface area (Å²) >= 11 is 0. The Morgan fingerprint density at radius 3 is 2.55 bits per heavy atom. The van der Waals surface area contributed by atoms with Gasteiger partial charge in [-0.1, -0.05) is 0 Å². The molecule has 2 aromatic rings. The summed E-state index contributed by atoms with van der Waals surface area (Å²) in [6.45, 7) is 1.53. The lowest BCUT2D eigenvalue weighted by Crippen LogP contribution is -2.16. The quantitative estimate of drug-likeness (QED) is 0.611. The largest absolute Gasteiger partial charge is 0.508 e. The molecule has 0 aliphatic rings. The van der Waals surface area contributed by atoms with E-state index in [1.54, 1.807) is 30.3 Å². The average molecular weight is 275 g/mol. The molecule has 1 aromatic heterocycles. The van der Waals surface area contributed by atoms with Crippen LogP contribution in [0, 0.1) is 6.92 Å². The summed E-state index contributed by atoms with van der Waals surface area (Å²) in [7, 11) is 0. The molecule has 4 N–H and O–H groups in total. The predicted molar refractivity (Wildman–Crippen MR) is 75.0 cm³/mol. The summed E-state index contributed by atoms with van der Waals surface area (Å²) < 4.78 is 0. The van der Waals surface area contributed by atoms with E-state index in [0.717, 1.165) is 11.4 Å². The molecular weight excluding hydrogens is 258 g/mol. The zero-order valence-corrected chi connectivity index (χ0v) is 11.1. The van der Waals surface area contributed by atoms with Crippen molar-refractivity contribution in [2.45, 2.75) is 19.4 Å². The van der Waals surface area contributed by atoms with Gasteiger partial charge in [0.25, 0.3) is 0 Å². The van der Waals surface area contributed by atoms with Crippen molar-refractivity contribution in [3.8, 4) is 5.75 Å².